The van der Waals surface area contributed by atoms with Gasteiger partial charge in [-0.3, -0.25) is 19.3 Å². The molecule has 7 heteroatoms. The third-order valence-corrected chi connectivity index (χ3v) is 5.70. The van der Waals surface area contributed by atoms with Gasteiger partial charge < -0.3 is 14.4 Å². The molecular weight excluding hydrogens is 360 g/mol. The van der Waals surface area contributed by atoms with E-state index in [0.29, 0.717) is 26.1 Å². The topological polar surface area (TPSA) is 77.3 Å². The molecule has 1 aromatic rings. The van der Waals surface area contributed by atoms with E-state index in [9.17, 15) is 14.4 Å². The summed E-state index contributed by atoms with van der Waals surface area (Å²) in [5.41, 5.74) is 1.05. The number of ether oxygens (including phenoxy) is 2. The van der Waals surface area contributed by atoms with Gasteiger partial charge in [-0.05, 0) is 43.9 Å². The minimum Gasteiger partial charge on any atom is -0.497 e. The van der Waals surface area contributed by atoms with Crippen molar-refractivity contribution in [3.63, 3.8) is 0 Å². The van der Waals surface area contributed by atoms with Gasteiger partial charge >= 0.3 is 5.97 Å². The number of methoxy groups -OCH3 is 1. The number of piperidine rings is 1. The standard InChI is InChI=1S/C21H28N2O5/c1-3-28-21(26)16-5-4-11-22(14-16)18-13-19(24)23(20(18)25)12-10-15-6-8-17(27-2)9-7-15/h6-9,16,18H,3-5,10-14H2,1-2H3/p+1/t16-,18-/m1/s1. The normalized spacial score (nSPS) is 25.1. The number of benzene rings is 1. The first-order valence-electron chi connectivity index (χ1n) is 10.0. The zero-order valence-corrected chi connectivity index (χ0v) is 16.6. The van der Waals surface area contributed by atoms with Gasteiger partial charge in [0, 0.05) is 6.54 Å². The van der Waals surface area contributed by atoms with Crippen LogP contribution in [0.5, 0.6) is 5.75 Å². The Hall–Kier alpha value is -2.41. The van der Waals surface area contributed by atoms with Gasteiger partial charge in [-0.25, -0.2) is 0 Å². The van der Waals surface area contributed by atoms with Crippen molar-refractivity contribution in [2.75, 3.05) is 33.4 Å². The molecule has 1 aromatic carbocycles. The lowest BCUT2D eigenvalue weighted by Gasteiger charge is -2.31. The highest BCUT2D eigenvalue weighted by molar-refractivity contribution is 6.04. The van der Waals surface area contributed by atoms with Crippen molar-refractivity contribution < 1.29 is 28.8 Å². The smallest absolute Gasteiger partial charge is 0.314 e. The van der Waals surface area contributed by atoms with Crippen LogP contribution in [0.1, 0.15) is 31.7 Å². The largest absolute Gasteiger partial charge is 0.497 e. The molecule has 0 radical (unpaired) electrons. The quantitative estimate of drug-likeness (QED) is 0.533. The molecule has 2 heterocycles. The maximum atomic E-state index is 12.9. The van der Waals surface area contributed by atoms with E-state index in [1.54, 1.807) is 14.0 Å². The number of carbonyl (C=O) groups is 3. The fourth-order valence-corrected chi connectivity index (χ4v) is 4.14. The predicted octanol–water partition coefficient (Wildman–Crippen LogP) is 0.223. The number of hydrogen-bond acceptors (Lipinski definition) is 5. The van der Waals surface area contributed by atoms with Crippen LogP contribution in [-0.2, 0) is 25.5 Å². The van der Waals surface area contributed by atoms with Gasteiger partial charge in [0.25, 0.3) is 5.91 Å². The molecule has 2 saturated heterocycles. The maximum absolute atomic E-state index is 12.9. The summed E-state index contributed by atoms with van der Waals surface area (Å²) >= 11 is 0. The number of likely N-dealkylation sites (tertiary alicyclic amines) is 2. The highest BCUT2D eigenvalue weighted by Crippen LogP contribution is 2.17. The van der Waals surface area contributed by atoms with Crippen molar-refractivity contribution in [3.8, 4) is 5.75 Å². The summed E-state index contributed by atoms with van der Waals surface area (Å²) in [6.07, 6.45) is 2.50. The molecule has 0 bridgehead atoms. The molecule has 2 aliphatic rings. The van der Waals surface area contributed by atoms with E-state index >= 15 is 0 Å². The van der Waals surface area contributed by atoms with Crippen molar-refractivity contribution in [2.45, 2.75) is 38.6 Å². The number of carbonyl (C=O) groups excluding carboxylic acids is 3. The summed E-state index contributed by atoms with van der Waals surface area (Å²) in [4.78, 5) is 39.8. The third kappa shape index (κ3) is 4.52. The Morgan fingerprint density at radius 2 is 2.00 bits per heavy atom. The van der Waals surface area contributed by atoms with Crippen LogP contribution < -0.4 is 9.64 Å². The molecule has 0 aliphatic carbocycles. The summed E-state index contributed by atoms with van der Waals surface area (Å²) in [7, 11) is 1.62. The molecule has 2 aliphatic heterocycles. The average Bonchev–Trinajstić information content (AvgIpc) is 3.00. The Labute approximate surface area is 165 Å². The molecule has 3 rings (SSSR count). The lowest BCUT2D eigenvalue weighted by molar-refractivity contribution is -0.922. The van der Waals surface area contributed by atoms with E-state index in [2.05, 4.69) is 0 Å². The molecule has 7 nitrogen and oxygen atoms in total. The van der Waals surface area contributed by atoms with E-state index in [1.165, 1.54) is 4.90 Å². The molecular formula is C21H29N2O5+. The fourth-order valence-electron chi connectivity index (χ4n) is 4.14. The van der Waals surface area contributed by atoms with Crippen molar-refractivity contribution in [1.82, 2.24) is 4.90 Å². The number of nitrogens with zero attached hydrogens (tertiary/aromatic N) is 1. The minimum atomic E-state index is -0.374. The fraction of sp³-hybridized carbons (Fsp3) is 0.571. The van der Waals surface area contributed by atoms with Crippen LogP contribution in [0.2, 0.25) is 0 Å². The maximum Gasteiger partial charge on any atom is 0.314 e. The number of quaternary nitrogens is 1. The minimum absolute atomic E-state index is 0.113. The number of imide groups is 1. The van der Waals surface area contributed by atoms with Crippen LogP contribution in [0, 0.1) is 5.92 Å². The number of esters is 1. The van der Waals surface area contributed by atoms with Gasteiger partial charge in [-0.2, -0.15) is 0 Å². The van der Waals surface area contributed by atoms with E-state index < -0.39 is 0 Å². The van der Waals surface area contributed by atoms with Crippen molar-refractivity contribution in [1.29, 1.82) is 0 Å². The van der Waals surface area contributed by atoms with Gasteiger partial charge in [0.15, 0.2) is 6.04 Å². The number of rotatable bonds is 7. The molecule has 1 N–H and O–H groups in total. The second-order valence-electron chi connectivity index (χ2n) is 7.44. The SMILES string of the molecule is CCOC(=O)[C@@H]1CCC[NH+]([C@@H]2CC(=O)N(CCc3ccc(OC)cc3)C2=O)C1. The van der Waals surface area contributed by atoms with Crippen LogP contribution >= 0.6 is 0 Å². The van der Waals surface area contributed by atoms with Gasteiger partial charge in [0.05, 0.1) is 33.2 Å². The second-order valence-corrected chi connectivity index (χ2v) is 7.44. The first kappa shape index (κ1) is 20.3. The Morgan fingerprint density at radius 1 is 1.25 bits per heavy atom. The molecule has 0 spiro atoms. The third-order valence-electron chi connectivity index (χ3n) is 5.70. The van der Waals surface area contributed by atoms with Gasteiger partial charge in [-0.1, -0.05) is 12.1 Å². The summed E-state index contributed by atoms with van der Waals surface area (Å²) in [5.74, 6) is 0.182. The lowest BCUT2D eigenvalue weighted by Crippen LogP contribution is -3.18. The van der Waals surface area contributed by atoms with Crippen LogP contribution in [-0.4, -0.2) is 62.1 Å². The first-order chi connectivity index (χ1) is 13.5. The van der Waals surface area contributed by atoms with Gasteiger partial charge in [0.1, 0.15) is 11.7 Å². The van der Waals surface area contributed by atoms with Crippen LogP contribution in [0.3, 0.4) is 0 Å². The van der Waals surface area contributed by atoms with E-state index in [4.69, 9.17) is 9.47 Å². The van der Waals surface area contributed by atoms with Crippen LogP contribution in [0.4, 0.5) is 0 Å². The number of nitrogens with one attached hydrogen (secondary N) is 1. The lowest BCUT2D eigenvalue weighted by atomic mass is 9.96. The molecule has 3 atom stereocenters. The summed E-state index contributed by atoms with van der Waals surface area (Å²) in [6, 6.07) is 7.27. The highest BCUT2D eigenvalue weighted by Gasteiger charge is 2.46. The molecule has 1 unspecified atom stereocenters. The predicted molar refractivity (Wildman–Crippen MR) is 102 cm³/mol. The number of amides is 2. The number of hydrogen-bond donors (Lipinski definition) is 1. The average molecular weight is 389 g/mol. The molecule has 28 heavy (non-hydrogen) atoms. The second kappa shape index (κ2) is 9.19. The van der Waals surface area contributed by atoms with Gasteiger partial charge in [0.2, 0.25) is 5.91 Å². The summed E-state index contributed by atoms with van der Waals surface area (Å²) in [5, 5.41) is 0. The molecule has 152 valence electrons. The molecule has 0 saturated carbocycles. The Kier molecular flexibility index (Phi) is 6.67. The first-order valence-corrected chi connectivity index (χ1v) is 10.0. The van der Waals surface area contributed by atoms with Crippen molar-refractivity contribution in [2.24, 2.45) is 5.92 Å². The molecule has 2 fully saturated rings. The monoisotopic (exact) mass is 389 g/mol. The van der Waals surface area contributed by atoms with E-state index in [1.807, 2.05) is 24.3 Å². The molecule has 0 aromatic heterocycles. The van der Waals surface area contributed by atoms with E-state index in [-0.39, 0.29) is 36.2 Å². The summed E-state index contributed by atoms with van der Waals surface area (Å²) in [6.45, 7) is 3.92. The zero-order chi connectivity index (χ0) is 20.1. The van der Waals surface area contributed by atoms with E-state index in [0.717, 1.165) is 35.6 Å². The Bertz CT molecular complexity index is 718. The molecule has 2 amide bonds. The zero-order valence-electron chi connectivity index (χ0n) is 16.6. The van der Waals surface area contributed by atoms with Crippen LogP contribution in [0.15, 0.2) is 24.3 Å². The van der Waals surface area contributed by atoms with Crippen LogP contribution in [0.25, 0.3) is 0 Å². The van der Waals surface area contributed by atoms with Crippen molar-refractivity contribution >= 4 is 17.8 Å². The van der Waals surface area contributed by atoms with Crippen molar-refractivity contribution in [3.05, 3.63) is 29.8 Å². The Balaban J connectivity index is 1.58. The van der Waals surface area contributed by atoms with Gasteiger partial charge in [-0.15, -0.1) is 0 Å². The Morgan fingerprint density at radius 3 is 2.68 bits per heavy atom. The summed E-state index contributed by atoms with van der Waals surface area (Å²) < 4.78 is 10.3. The highest BCUT2D eigenvalue weighted by atomic mass is 16.5.